The molecule has 0 spiro atoms. The summed E-state index contributed by atoms with van der Waals surface area (Å²) >= 11 is 4.85. The molecule has 1 aliphatic rings. The molecule has 1 aromatic rings. The Morgan fingerprint density at radius 3 is 2.14 bits per heavy atom. The molecule has 3 nitrogen and oxygen atoms in total. The second-order valence-corrected chi connectivity index (χ2v) is 7.13. The Kier molecular flexibility index (Phi) is 2.16. The third-order valence-electron chi connectivity index (χ3n) is 3.69. The molecular weight excluding hydrogens is 262 g/mol. The fourth-order valence-electron chi connectivity index (χ4n) is 1.94. The molecule has 1 heterocycles. The lowest BCUT2D eigenvalue weighted by Crippen LogP contribution is -2.09. The number of nitrogens with zero attached hydrogens (tertiary/aromatic N) is 2. The molecule has 1 N–H and O–H groups in total. The molecule has 2 rings (SSSR count). The molecule has 1 fully saturated rings. The first-order chi connectivity index (χ1) is 6.35. The Morgan fingerprint density at radius 2 is 1.79 bits per heavy atom. The molecule has 0 unspecified atom stereocenters. The predicted molar refractivity (Wildman–Crippen MR) is 62.6 cm³/mol. The van der Waals surface area contributed by atoms with Gasteiger partial charge in [-0.25, -0.2) is 0 Å². The molecule has 0 radical (unpaired) electrons. The lowest BCUT2D eigenvalue weighted by atomic mass is 10.0. The van der Waals surface area contributed by atoms with Crippen molar-refractivity contribution in [1.82, 2.24) is 10.2 Å². The minimum absolute atomic E-state index is 0.338. The van der Waals surface area contributed by atoms with Crippen molar-refractivity contribution in [3.63, 3.8) is 0 Å². The molecule has 1 aromatic heterocycles. The van der Waals surface area contributed by atoms with Crippen LogP contribution in [0.1, 0.15) is 27.7 Å². The topological polar surface area (TPSA) is 37.8 Å². The summed E-state index contributed by atoms with van der Waals surface area (Å²) in [5.41, 5.74) is 0.677. The Hall–Kier alpha value is -0.160. The van der Waals surface area contributed by atoms with Gasteiger partial charge in [-0.15, -0.1) is 10.2 Å². The minimum Gasteiger partial charge on any atom is -0.356 e. The summed E-state index contributed by atoms with van der Waals surface area (Å²) in [4.78, 5) is 0. The van der Waals surface area contributed by atoms with Gasteiger partial charge in [-0.2, -0.15) is 0 Å². The summed E-state index contributed by atoms with van der Waals surface area (Å²) in [5.74, 6) is 0. The third-order valence-corrected chi connectivity index (χ3v) is 4.98. The normalized spacial score (nSPS) is 23.5. The van der Waals surface area contributed by atoms with E-state index in [1.807, 2.05) is 0 Å². The van der Waals surface area contributed by atoms with Gasteiger partial charge >= 0.3 is 0 Å². The average molecular weight is 276 g/mol. The van der Waals surface area contributed by atoms with Gasteiger partial charge in [0.1, 0.15) is 0 Å². The van der Waals surface area contributed by atoms with E-state index < -0.39 is 0 Å². The molecule has 14 heavy (non-hydrogen) atoms. The van der Waals surface area contributed by atoms with Crippen LogP contribution in [0.15, 0.2) is 3.92 Å². The summed E-state index contributed by atoms with van der Waals surface area (Å²) in [6, 6.07) is 0.495. The molecule has 0 saturated heterocycles. The second kappa shape index (κ2) is 2.92. The van der Waals surface area contributed by atoms with E-state index in [1.165, 1.54) is 0 Å². The average Bonchev–Trinajstić information content (AvgIpc) is 2.47. The summed E-state index contributed by atoms with van der Waals surface area (Å²) in [6.07, 6.45) is 0. The summed E-state index contributed by atoms with van der Waals surface area (Å²) in [6.45, 7) is 9.11. The van der Waals surface area contributed by atoms with Crippen LogP contribution in [0.5, 0.6) is 0 Å². The third kappa shape index (κ3) is 1.37. The van der Waals surface area contributed by atoms with Gasteiger partial charge in [0, 0.05) is 6.04 Å². The predicted octanol–water partition coefficient (Wildman–Crippen LogP) is 3.15. The maximum atomic E-state index is 4.04. The number of rotatable bonds is 2. The Morgan fingerprint density at radius 1 is 1.21 bits per heavy atom. The van der Waals surface area contributed by atoms with Crippen molar-refractivity contribution in [2.75, 3.05) is 5.32 Å². The first-order valence-electron chi connectivity index (χ1n) is 4.61. The van der Waals surface area contributed by atoms with Crippen LogP contribution in [-0.4, -0.2) is 16.2 Å². The molecule has 1 saturated carbocycles. The first kappa shape index (κ1) is 10.4. The Labute approximate surface area is 96.4 Å². The smallest absolute Gasteiger partial charge is 0.206 e. The number of hydrogen-bond donors (Lipinski definition) is 1. The molecule has 0 amide bonds. The fourth-order valence-corrected chi connectivity index (χ4v) is 2.98. The number of anilines is 1. The first-order valence-corrected chi connectivity index (χ1v) is 6.22. The van der Waals surface area contributed by atoms with Gasteiger partial charge < -0.3 is 5.32 Å². The van der Waals surface area contributed by atoms with Gasteiger partial charge in [-0.05, 0) is 26.8 Å². The maximum Gasteiger partial charge on any atom is 0.206 e. The minimum atomic E-state index is 0.338. The number of hydrogen-bond acceptors (Lipinski definition) is 4. The monoisotopic (exact) mass is 275 g/mol. The number of halogens is 1. The van der Waals surface area contributed by atoms with E-state index in [1.54, 1.807) is 11.3 Å². The highest BCUT2D eigenvalue weighted by Crippen LogP contribution is 2.63. The van der Waals surface area contributed by atoms with E-state index in [0.29, 0.717) is 16.9 Å². The molecular formula is C9H14BrN3S. The zero-order valence-electron chi connectivity index (χ0n) is 8.76. The van der Waals surface area contributed by atoms with E-state index in [4.69, 9.17) is 0 Å². The van der Waals surface area contributed by atoms with Crippen LogP contribution in [0.3, 0.4) is 0 Å². The summed E-state index contributed by atoms with van der Waals surface area (Å²) < 4.78 is 0.830. The zero-order chi connectivity index (χ0) is 10.6. The Balaban J connectivity index is 2.08. The summed E-state index contributed by atoms with van der Waals surface area (Å²) in [7, 11) is 0. The van der Waals surface area contributed by atoms with Gasteiger partial charge in [0.2, 0.25) is 5.13 Å². The van der Waals surface area contributed by atoms with Crippen LogP contribution < -0.4 is 5.32 Å². The van der Waals surface area contributed by atoms with Crippen LogP contribution in [0.4, 0.5) is 5.13 Å². The van der Waals surface area contributed by atoms with Gasteiger partial charge in [0.25, 0.3) is 0 Å². The Bertz CT molecular complexity index is 345. The van der Waals surface area contributed by atoms with Crippen LogP contribution >= 0.6 is 27.3 Å². The zero-order valence-corrected chi connectivity index (χ0v) is 11.2. The molecule has 0 aromatic carbocycles. The number of aromatic nitrogens is 2. The van der Waals surface area contributed by atoms with E-state index in [2.05, 4.69) is 59.1 Å². The van der Waals surface area contributed by atoms with Crippen LogP contribution in [0, 0.1) is 10.8 Å². The highest BCUT2D eigenvalue weighted by atomic mass is 79.9. The lowest BCUT2D eigenvalue weighted by Gasteiger charge is -2.02. The van der Waals surface area contributed by atoms with Crippen molar-refractivity contribution in [2.24, 2.45) is 10.8 Å². The van der Waals surface area contributed by atoms with E-state index in [0.717, 1.165) is 9.05 Å². The van der Waals surface area contributed by atoms with Crippen molar-refractivity contribution in [3.05, 3.63) is 3.92 Å². The van der Waals surface area contributed by atoms with Crippen molar-refractivity contribution in [1.29, 1.82) is 0 Å². The molecule has 78 valence electrons. The largest absolute Gasteiger partial charge is 0.356 e. The van der Waals surface area contributed by atoms with Crippen molar-refractivity contribution in [2.45, 2.75) is 33.7 Å². The van der Waals surface area contributed by atoms with Crippen molar-refractivity contribution >= 4 is 32.4 Å². The highest BCUT2D eigenvalue weighted by molar-refractivity contribution is 9.11. The van der Waals surface area contributed by atoms with Gasteiger partial charge in [-0.1, -0.05) is 39.0 Å². The summed E-state index contributed by atoms with van der Waals surface area (Å²) in [5, 5.41) is 12.3. The van der Waals surface area contributed by atoms with Crippen LogP contribution in [0.25, 0.3) is 0 Å². The van der Waals surface area contributed by atoms with Crippen molar-refractivity contribution in [3.8, 4) is 0 Å². The molecule has 0 bridgehead atoms. The highest BCUT2D eigenvalue weighted by Gasteiger charge is 2.65. The van der Waals surface area contributed by atoms with E-state index >= 15 is 0 Å². The molecule has 0 atom stereocenters. The fraction of sp³-hybridized carbons (Fsp3) is 0.778. The van der Waals surface area contributed by atoms with E-state index in [9.17, 15) is 0 Å². The molecule has 5 heteroatoms. The second-order valence-electron chi connectivity index (χ2n) is 4.88. The molecule has 0 aliphatic heterocycles. The standard InChI is InChI=1S/C9H14BrN3S/c1-8(2)5(9(8,3)4)11-7-13-12-6(10)14-7/h5H,1-4H3,(H,11,13). The van der Waals surface area contributed by atoms with E-state index in [-0.39, 0.29) is 0 Å². The van der Waals surface area contributed by atoms with Crippen LogP contribution in [-0.2, 0) is 0 Å². The van der Waals surface area contributed by atoms with Gasteiger partial charge in [0.15, 0.2) is 3.92 Å². The lowest BCUT2D eigenvalue weighted by molar-refractivity contribution is 0.457. The quantitative estimate of drug-likeness (QED) is 0.901. The van der Waals surface area contributed by atoms with Crippen LogP contribution in [0.2, 0.25) is 0 Å². The van der Waals surface area contributed by atoms with Gasteiger partial charge in [0.05, 0.1) is 0 Å². The number of nitrogens with one attached hydrogen (secondary N) is 1. The van der Waals surface area contributed by atoms with Crippen molar-refractivity contribution < 1.29 is 0 Å². The SMILES string of the molecule is CC1(C)C(Nc2nnc(Br)s2)C1(C)C. The maximum absolute atomic E-state index is 4.04. The van der Waals surface area contributed by atoms with Gasteiger partial charge in [-0.3, -0.25) is 0 Å². The molecule has 1 aliphatic carbocycles.